The van der Waals surface area contributed by atoms with Crippen LogP contribution in [-0.2, 0) is 22.4 Å². The second-order valence-corrected chi connectivity index (χ2v) is 23.0. The highest BCUT2D eigenvalue weighted by atomic mass is 16.3. The average Bonchev–Trinajstić information content (AvgIpc) is 0.835. The minimum atomic E-state index is -1.08. The molecule has 0 fully saturated rings. The van der Waals surface area contributed by atoms with Gasteiger partial charge in [-0.25, -0.2) is 0 Å². The van der Waals surface area contributed by atoms with E-state index in [1.54, 1.807) is 49.6 Å². The topological polar surface area (TPSA) is 132 Å². The maximum absolute atomic E-state index is 11.8. The van der Waals surface area contributed by atoms with Gasteiger partial charge in [-0.05, 0) is 141 Å². The van der Waals surface area contributed by atoms with Crippen LogP contribution >= 0.6 is 0 Å². The number of nitrogens with zero attached hydrogens (tertiary/aromatic N) is 4. The highest BCUT2D eigenvalue weighted by Gasteiger charge is 2.43. The molecule has 8 atom stereocenters. The first-order chi connectivity index (χ1) is 45.1. The zero-order chi connectivity index (χ0) is 64.5. The van der Waals surface area contributed by atoms with Crippen molar-refractivity contribution in [2.45, 2.75) is 99.5 Å². The van der Waals surface area contributed by atoms with Gasteiger partial charge in [-0.1, -0.05) is 270 Å². The molecule has 4 aromatic heterocycles. The molecule has 92 heavy (non-hydrogen) atoms. The van der Waals surface area contributed by atoms with Gasteiger partial charge in [-0.2, -0.15) is 0 Å². The van der Waals surface area contributed by atoms with Gasteiger partial charge in [-0.3, -0.25) is 19.9 Å². The number of hydrogen-bond donors (Lipinski definition) is 4. The van der Waals surface area contributed by atoms with Crippen LogP contribution in [0, 0.1) is 0 Å². The van der Waals surface area contributed by atoms with Gasteiger partial charge in [0, 0.05) is 73.2 Å². The van der Waals surface area contributed by atoms with Crippen molar-refractivity contribution in [1.29, 1.82) is 0 Å². The molecule has 8 heteroatoms. The Labute approximate surface area is 544 Å². The molecule has 0 aliphatic carbocycles. The minimum absolute atomic E-state index is 0.0338. The number of benzene rings is 8. The molecule has 0 amide bonds. The minimum Gasteiger partial charge on any atom is -0.380 e. The third-order valence-electron chi connectivity index (χ3n) is 17.8. The fourth-order valence-corrected chi connectivity index (χ4v) is 13.3. The fourth-order valence-electron chi connectivity index (χ4n) is 13.3. The van der Waals surface area contributed by atoms with Crippen LogP contribution in [0.1, 0.15) is 144 Å². The van der Waals surface area contributed by atoms with Crippen molar-refractivity contribution in [2.75, 3.05) is 0 Å². The Balaban J connectivity index is 0.000000145. The summed E-state index contributed by atoms with van der Waals surface area (Å²) in [7, 11) is 0. The summed E-state index contributed by atoms with van der Waals surface area (Å²) in [6.45, 7) is 8.47. The van der Waals surface area contributed by atoms with Crippen LogP contribution in [0.3, 0.4) is 0 Å². The molecule has 0 radical (unpaired) electrons. The number of rotatable bonds is 20. The van der Waals surface area contributed by atoms with E-state index in [0.717, 1.165) is 92.4 Å². The Kier molecular flexibility index (Phi) is 23.7. The summed E-state index contributed by atoms with van der Waals surface area (Å²) >= 11 is 0. The summed E-state index contributed by atoms with van der Waals surface area (Å²) in [6, 6.07) is 95.7. The van der Waals surface area contributed by atoms with Crippen LogP contribution in [0.5, 0.6) is 0 Å². The molecule has 0 aliphatic rings. The van der Waals surface area contributed by atoms with E-state index in [9.17, 15) is 20.4 Å². The van der Waals surface area contributed by atoms with Crippen LogP contribution in [0.25, 0.3) is 0 Å². The smallest absolute Gasteiger partial charge is 0.122 e. The van der Waals surface area contributed by atoms with Crippen LogP contribution < -0.4 is 0 Å². The van der Waals surface area contributed by atoms with E-state index in [-0.39, 0.29) is 23.7 Å². The molecular formula is C84H84N4O4. The summed E-state index contributed by atoms with van der Waals surface area (Å²) in [5.74, 6) is -0.135. The molecule has 12 aromatic rings. The first-order valence-corrected chi connectivity index (χ1v) is 32.0. The van der Waals surface area contributed by atoms with Crippen molar-refractivity contribution < 1.29 is 20.4 Å². The van der Waals surface area contributed by atoms with Crippen molar-refractivity contribution >= 4 is 0 Å². The Morgan fingerprint density at radius 1 is 0.207 bits per heavy atom. The van der Waals surface area contributed by atoms with E-state index < -0.39 is 22.4 Å². The lowest BCUT2D eigenvalue weighted by atomic mass is 9.72. The highest BCUT2D eigenvalue weighted by Crippen LogP contribution is 2.48. The van der Waals surface area contributed by atoms with Crippen molar-refractivity contribution in [3.63, 3.8) is 0 Å². The number of pyridine rings is 4. The largest absolute Gasteiger partial charge is 0.380 e. The van der Waals surface area contributed by atoms with E-state index in [4.69, 9.17) is 0 Å². The SMILES string of the molecule is CC[C@@H](c1ccccc1)[C@@](O)(c1ccccc1)c1ccncc1.CC[C@@H](c1ccccc1)[C@@](O)(c1ccccc1)c1ccncc1.CC[C@H](c1ccccc1)[C@](O)(c1ccccc1)c1ccncc1.CC[C@H](c1ccccc1)[C@](O)(c1ccccc1)c1ccncc1. The standard InChI is InChI=1S/4C21H21NO/c4*1-2-20(17-9-5-3-6-10-17)21(23,18-11-7-4-8-12-18)19-13-15-22-16-14-19/h4*3-16,20,23H,2H2,1H3/t4*20-,21+/m1100/s1. The maximum atomic E-state index is 11.8. The van der Waals surface area contributed by atoms with E-state index in [1.165, 1.54) is 0 Å². The van der Waals surface area contributed by atoms with Gasteiger partial charge in [0.1, 0.15) is 22.4 Å². The number of aliphatic hydroxyl groups is 4. The van der Waals surface area contributed by atoms with Gasteiger partial charge < -0.3 is 20.4 Å². The molecule has 12 rings (SSSR count). The van der Waals surface area contributed by atoms with Gasteiger partial charge in [0.15, 0.2) is 0 Å². The molecule has 0 unspecified atom stereocenters. The lowest BCUT2D eigenvalue weighted by molar-refractivity contribution is 0.0473. The van der Waals surface area contributed by atoms with Gasteiger partial charge in [0.2, 0.25) is 0 Å². The third kappa shape index (κ3) is 15.2. The Bertz CT molecular complexity index is 3270. The highest BCUT2D eigenvalue weighted by molar-refractivity contribution is 5.46. The molecule has 8 nitrogen and oxygen atoms in total. The second-order valence-electron chi connectivity index (χ2n) is 23.0. The molecule has 4 heterocycles. The van der Waals surface area contributed by atoms with Gasteiger partial charge in [-0.15, -0.1) is 0 Å². The average molecular weight is 1210 g/mol. The summed E-state index contributed by atoms with van der Waals surface area (Å²) in [5, 5.41) is 47.4. The van der Waals surface area contributed by atoms with E-state index >= 15 is 0 Å². The second kappa shape index (κ2) is 32.8. The van der Waals surface area contributed by atoms with E-state index in [0.29, 0.717) is 0 Å². The molecule has 0 saturated carbocycles. The van der Waals surface area contributed by atoms with Gasteiger partial charge in [0.05, 0.1) is 0 Å². The first kappa shape index (κ1) is 66.6. The third-order valence-corrected chi connectivity index (χ3v) is 17.8. The van der Waals surface area contributed by atoms with Crippen LogP contribution in [0.15, 0.2) is 341 Å². The summed E-state index contributed by atoms with van der Waals surface area (Å²) < 4.78 is 0. The predicted octanol–water partition coefficient (Wildman–Crippen LogP) is 18.0. The Morgan fingerprint density at radius 2 is 0.337 bits per heavy atom. The lowest BCUT2D eigenvalue weighted by Crippen LogP contribution is -2.34. The molecule has 8 aromatic carbocycles. The zero-order valence-corrected chi connectivity index (χ0v) is 53.0. The van der Waals surface area contributed by atoms with Crippen LogP contribution in [-0.4, -0.2) is 40.4 Å². The van der Waals surface area contributed by atoms with Crippen molar-refractivity contribution in [2.24, 2.45) is 0 Å². The summed E-state index contributed by atoms with van der Waals surface area (Å²) in [6.07, 6.45) is 17.2. The number of aromatic nitrogens is 4. The first-order valence-electron chi connectivity index (χ1n) is 32.0. The Morgan fingerprint density at radius 3 is 0.478 bits per heavy atom. The monoisotopic (exact) mass is 1210 g/mol. The summed E-state index contributed by atoms with van der Waals surface area (Å²) in [5.41, 5.74) is 7.31. The van der Waals surface area contributed by atoms with Crippen LogP contribution in [0.2, 0.25) is 0 Å². The molecule has 0 spiro atoms. The normalized spacial score (nSPS) is 14.9. The molecule has 464 valence electrons. The van der Waals surface area contributed by atoms with Crippen molar-refractivity contribution in [3.05, 3.63) is 408 Å². The lowest BCUT2D eigenvalue weighted by Gasteiger charge is -2.37. The zero-order valence-electron chi connectivity index (χ0n) is 53.0. The Hall–Kier alpha value is -9.80. The number of hydrogen-bond acceptors (Lipinski definition) is 8. The van der Waals surface area contributed by atoms with Crippen LogP contribution in [0.4, 0.5) is 0 Å². The van der Waals surface area contributed by atoms with Crippen molar-refractivity contribution in [3.8, 4) is 0 Å². The molecule has 0 aliphatic heterocycles. The molecule has 0 bridgehead atoms. The summed E-state index contributed by atoms with van der Waals surface area (Å²) in [4.78, 5) is 16.4. The maximum Gasteiger partial charge on any atom is 0.122 e. The van der Waals surface area contributed by atoms with Gasteiger partial charge in [0.25, 0.3) is 0 Å². The van der Waals surface area contributed by atoms with E-state index in [2.05, 4.69) is 96.2 Å². The fraction of sp³-hybridized carbons (Fsp3) is 0.190. The van der Waals surface area contributed by atoms with Crippen molar-refractivity contribution in [1.82, 2.24) is 19.9 Å². The molecular weight excluding hydrogens is 1130 g/mol. The quantitative estimate of drug-likeness (QED) is 0.0593. The predicted molar refractivity (Wildman–Crippen MR) is 373 cm³/mol. The molecule has 4 N–H and O–H groups in total. The van der Waals surface area contributed by atoms with Gasteiger partial charge >= 0.3 is 0 Å². The van der Waals surface area contributed by atoms with E-state index in [1.807, 2.05) is 243 Å². The molecule has 0 saturated heterocycles.